The predicted octanol–water partition coefficient (Wildman–Crippen LogP) is 4.30. The summed E-state index contributed by atoms with van der Waals surface area (Å²) in [4.78, 5) is 18.7. The maximum absolute atomic E-state index is 15.0. The second-order valence-corrected chi connectivity index (χ2v) is 9.74. The number of morpholine rings is 1. The number of carbonyl (C=O) groups is 1. The predicted molar refractivity (Wildman–Crippen MR) is 159 cm³/mol. The van der Waals surface area contributed by atoms with Crippen molar-refractivity contribution in [2.24, 2.45) is 0 Å². The molecule has 3 heterocycles. The number of nitrogens with one attached hydrogen (secondary N) is 2. The number of ether oxygens (including phenoxy) is 3. The molecule has 1 aliphatic heterocycles. The first-order valence-corrected chi connectivity index (χ1v) is 13.3. The maximum Gasteiger partial charge on any atom is 0.247 e. The SMILES string of the molecule is Cc1c(OCCN2CCOCC2)cn2ncnc(Oc3ccc(NC(=S)NC(=O)Cc4ccc(F)cc4)cc3F)c12.Cl. The highest BCUT2D eigenvalue weighted by Crippen LogP contribution is 2.33. The van der Waals surface area contributed by atoms with Crippen LogP contribution in [-0.2, 0) is 16.0 Å². The summed E-state index contributed by atoms with van der Waals surface area (Å²) in [5.41, 5.74) is 2.26. The van der Waals surface area contributed by atoms with Gasteiger partial charge in [-0.05, 0) is 49.0 Å². The van der Waals surface area contributed by atoms with Gasteiger partial charge in [0.1, 0.15) is 30.0 Å². The number of halogens is 3. The number of benzene rings is 2. The molecule has 0 aliphatic carbocycles. The molecule has 1 saturated heterocycles. The molecule has 42 heavy (non-hydrogen) atoms. The second kappa shape index (κ2) is 14.3. The molecule has 5 rings (SSSR count). The number of aryl methyl sites for hydroxylation is 1. The largest absolute Gasteiger partial charge is 0.490 e. The van der Waals surface area contributed by atoms with Gasteiger partial charge in [-0.1, -0.05) is 12.1 Å². The van der Waals surface area contributed by atoms with Crippen LogP contribution in [0.15, 0.2) is 55.0 Å². The number of aromatic nitrogens is 3. The van der Waals surface area contributed by atoms with Gasteiger partial charge in [0.05, 0.1) is 25.8 Å². The van der Waals surface area contributed by atoms with Crippen LogP contribution >= 0.6 is 24.6 Å². The fraction of sp³-hybridized carbons (Fsp3) is 0.286. The third-order valence-electron chi connectivity index (χ3n) is 6.44. The van der Waals surface area contributed by atoms with Gasteiger partial charge in [0, 0.05) is 37.0 Å². The van der Waals surface area contributed by atoms with Gasteiger partial charge in [0.15, 0.2) is 16.7 Å². The molecular formula is C28H29ClF2N6O4S. The Morgan fingerprint density at radius 2 is 1.88 bits per heavy atom. The zero-order valence-electron chi connectivity index (χ0n) is 22.6. The molecule has 0 bridgehead atoms. The van der Waals surface area contributed by atoms with Crippen LogP contribution in [-0.4, -0.2) is 70.0 Å². The molecule has 0 spiro atoms. The lowest BCUT2D eigenvalue weighted by Gasteiger charge is -2.26. The third-order valence-corrected chi connectivity index (χ3v) is 6.65. The van der Waals surface area contributed by atoms with Crippen molar-refractivity contribution in [1.29, 1.82) is 0 Å². The van der Waals surface area contributed by atoms with Crippen LogP contribution in [0.25, 0.3) is 5.52 Å². The summed E-state index contributed by atoms with van der Waals surface area (Å²) in [6.45, 7) is 6.34. The Balaban J connectivity index is 0.00000405. The van der Waals surface area contributed by atoms with Crippen LogP contribution in [0.5, 0.6) is 17.4 Å². The van der Waals surface area contributed by atoms with Crippen molar-refractivity contribution in [2.45, 2.75) is 13.3 Å². The minimum atomic E-state index is -0.668. The van der Waals surface area contributed by atoms with Gasteiger partial charge in [-0.15, -0.1) is 12.4 Å². The second-order valence-electron chi connectivity index (χ2n) is 9.33. The average molecular weight is 619 g/mol. The van der Waals surface area contributed by atoms with Crippen molar-refractivity contribution in [3.63, 3.8) is 0 Å². The minimum Gasteiger partial charge on any atom is -0.490 e. The van der Waals surface area contributed by atoms with E-state index in [1.165, 1.54) is 42.7 Å². The molecule has 14 heteroatoms. The van der Waals surface area contributed by atoms with E-state index < -0.39 is 11.7 Å². The lowest BCUT2D eigenvalue weighted by Crippen LogP contribution is -2.38. The molecule has 2 N–H and O–H groups in total. The quantitative estimate of drug-likeness (QED) is 0.266. The maximum atomic E-state index is 15.0. The number of hydrogen-bond donors (Lipinski definition) is 2. The Morgan fingerprint density at radius 3 is 2.62 bits per heavy atom. The van der Waals surface area contributed by atoms with Crippen molar-refractivity contribution < 1.29 is 27.8 Å². The number of carbonyl (C=O) groups excluding carboxylic acids is 1. The van der Waals surface area contributed by atoms with E-state index in [9.17, 15) is 9.18 Å². The van der Waals surface area contributed by atoms with E-state index in [0.29, 0.717) is 29.1 Å². The molecule has 10 nitrogen and oxygen atoms in total. The molecule has 0 radical (unpaired) electrons. The van der Waals surface area contributed by atoms with Gasteiger partial charge in [-0.2, -0.15) is 10.1 Å². The number of thiocarbonyl (C=S) groups is 1. The Kier molecular flexibility index (Phi) is 10.6. The molecular weight excluding hydrogens is 590 g/mol. The lowest BCUT2D eigenvalue weighted by molar-refractivity contribution is -0.119. The van der Waals surface area contributed by atoms with Crippen molar-refractivity contribution >= 4 is 46.8 Å². The van der Waals surface area contributed by atoms with Gasteiger partial charge >= 0.3 is 0 Å². The smallest absolute Gasteiger partial charge is 0.247 e. The lowest BCUT2D eigenvalue weighted by atomic mass is 10.1. The third kappa shape index (κ3) is 7.88. The molecule has 4 aromatic rings. The van der Waals surface area contributed by atoms with Gasteiger partial charge in [-0.25, -0.2) is 13.3 Å². The van der Waals surface area contributed by atoms with E-state index in [4.69, 9.17) is 26.4 Å². The molecule has 1 aliphatic rings. The Hall–Kier alpha value is -3.91. The summed E-state index contributed by atoms with van der Waals surface area (Å²) < 4.78 is 46.9. The summed E-state index contributed by atoms with van der Waals surface area (Å²) in [7, 11) is 0. The van der Waals surface area contributed by atoms with Crippen molar-refractivity contribution in [1.82, 2.24) is 24.8 Å². The van der Waals surface area contributed by atoms with E-state index in [1.807, 2.05) is 6.92 Å². The number of amides is 1. The highest BCUT2D eigenvalue weighted by atomic mass is 35.5. The van der Waals surface area contributed by atoms with Crippen molar-refractivity contribution in [3.8, 4) is 17.4 Å². The summed E-state index contributed by atoms with van der Waals surface area (Å²) >= 11 is 5.17. The molecule has 0 unspecified atom stereocenters. The van der Waals surface area contributed by atoms with Gasteiger partial charge in [0.25, 0.3) is 0 Å². The molecule has 2 aromatic carbocycles. The fourth-order valence-electron chi connectivity index (χ4n) is 4.32. The fourth-order valence-corrected chi connectivity index (χ4v) is 4.55. The van der Waals surface area contributed by atoms with Crippen LogP contribution in [0.3, 0.4) is 0 Å². The standard InChI is InChI=1S/C28H28F2N6O4S.ClH/c1-18-24(39-13-10-35-8-11-38-12-9-35)16-36-26(18)27(31-17-32-36)40-23-7-6-21(15-22(23)30)33-28(41)34-25(37)14-19-2-4-20(29)5-3-19;/h2-7,15-17H,8-14H2,1H3,(H2,33,34,37,41);1H. The summed E-state index contributed by atoms with van der Waals surface area (Å²) in [5, 5.41) is 9.52. The molecule has 1 amide bonds. The van der Waals surface area contributed by atoms with Crippen LogP contribution in [0.1, 0.15) is 11.1 Å². The first-order chi connectivity index (χ1) is 19.9. The van der Waals surface area contributed by atoms with E-state index in [1.54, 1.807) is 16.8 Å². The Bertz CT molecular complexity index is 1550. The van der Waals surface area contributed by atoms with Crippen LogP contribution in [0.4, 0.5) is 14.5 Å². The Labute approximate surface area is 252 Å². The van der Waals surface area contributed by atoms with Gasteiger partial charge < -0.3 is 24.8 Å². The van der Waals surface area contributed by atoms with E-state index >= 15 is 4.39 Å². The first-order valence-electron chi connectivity index (χ1n) is 12.9. The zero-order chi connectivity index (χ0) is 28.8. The minimum absolute atomic E-state index is 0. The number of fused-ring (bicyclic) bond motifs is 1. The normalized spacial score (nSPS) is 13.3. The van der Waals surface area contributed by atoms with Crippen LogP contribution in [0, 0.1) is 18.6 Å². The highest BCUT2D eigenvalue weighted by Gasteiger charge is 2.18. The van der Waals surface area contributed by atoms with E-state index in [2.05, 4.69) is 25.6 Å². The van der Waals surface area contributed by atoms with Crippen molar-refractivity contribution in [3.05, 3.63) is 77.8 Å². The number of rotatable bonds is 9. The van der Waals surface area contributed by atoms with Crippen molar-refractivity contribution in [2.75, 3.05) is 44.8 Å². The molecule has 1 fully saturated rings. The van der Waals surface area contributed by atoms with E-state index in [0.717, 1.165) is 38.4 Å². The summed E-state index contributed by atoms with van der Waals surface area (Å²) in [6.07, 6.45) is 3.07. The average Bonchev–Trinajstić information content (AvgIpc) is 3.28. The summed E-state index contributed by atoms with van der Waals surface area (Å²) in [6, 6.07) is 9.75. The number of hydrogen-bond acceptors (Lipinski definition) is 8. The van der Waals surface area contributed by atoms with Gasteiger partial charge in [-0.3, -0.25) is 9.69 Å². The van der Waals surface area contributed by atoms with Crippen LogP contribution < -0.4 is 20.1 Å². The topological polar surface area (TPSA) is 102 Å². The highest BCUT2D eigenvalue weighted by molar-refractivity contribution is 7.80. The molecule has 0 saturated carbocycles. The molecule has 222 valence electrons. The Morgan fingerprint density at radius 1 is 1.12 bits per heavy atom. The first kappa shape index (κ1) is 31.0. The number of nitrogens with zero attached hydrogens (tertiary/aromatic N) is 4. The summed E-state index contributed by atoms with van der Waals surface area (Å²) in [5.74, 6) is -0.699. The van der Waals surface area contributed by atoms with Gasteiger partial charge in [0.2, 0.25) is 11.8 Å². The van der Waals surface area contributed by atoms with E-state index in [-0.39, 0.29) is 41.4 Å². The molecule has 0 atom stereocenters. The monoisotopic (exact) mass is 618 g/mol. The number of anilines is 1. The zero-order valence-corrected chi connectivity index (χ0v) is 24.3. The molecule has 2 aromatic heterocycles. The van der Waals surface area contributed by atoms with Crippen LogP contribution in [0.2, 0.25) is 0 Å².